The van der Waals surface area contributed by atoms with Crippen LogP contribution in [0.25, 0.3) is 0 Å². The van der Waals surface area contributed by atoms with Gasteiger partial charge in [0, 0.05) is 0 Å². The fourth-order valence-corrected chi connectivity index (χ4v) is 2.20. The summed E-state index contributed by atoms with van der Waals surface area (Å²) in [5.41, 5.74) is 4.56. The van der Waals surface area contributed by atoms with Gasteiger partial charge in [0.1, 0.15) is 0 Å². The maximum Gasteiger partial charge on any atom is 0.174 e. The zero-order valence-electron chi connectivity index (χ0n) is 10.3. The molecule has 98 valence electrons. The van der Waals surface area contributed by atoms with Gasteiger partial charge in [-0.25, -0.2) is 0 Å². The Balaban J connectivity index is 2.11. The van der Waals surface area contributed by atoms with Gasteiger partial charge in [0.15, 0.2) is 11.5 Å². The van der Waals surface area contributed by atoms with Crippen LogP contribution < -0.4 is 10.2 Å². The summed E-state index contributed by atoms with van der Waals surface area (Å²) in [7, 11) is 1.50. The number of ether oxygens (including phenoxy) is 1. The van der Waals surface area contributed by atoms with Crippen LogP contribution >= 0.6 is 15.9 Å². The first-order valence-electron chi connectivity index (χ1n) is 5.61. The molecule has 5 heteroatoms. The number of methoxy groups -OCH3 is 1. The molecule has 0 aromatic heterocycles. The normalized spacial score (nSPS) is 10.6. The zero-order valence-corrected chi connectivity index (χ0v) is 11.9. The second-order valence-electron chi connectivity index (χ2n) is 3.79. The van der Waals surface area contributed by atoms with Crippen molar-refractivity contribution in [3.63, 3.8) is 0 Å². The molecule has 2 N–H and O–H groups in total. The molecule has 19 heavy (non-hydrogen) atoms. The number of nitrogens with one attached hydrogen (secondary N) is 1. The molecule has 0 unspecified atom stereocenters. The lowest BCUT2D eigenvalue weighted by Gasteiger charge is -2.06. The van der Waals surface area contributed by atoms with Gasteiger partial charge < -0.3 is 9.84 Å². The van der Waals surface area contributed by atoms with Crippen molar-refractivity contribution in [1.82, 2.24) is 0 Å². The lowest BCUT2D eigenvalue weighted by atomic mass is 10.2. The second kappa shape index (κ2) is 6.24. The van der Waals surface area contributed by atoms with Gasteiger partial charge in [0.05, 0.1) is 23.5 Å². The third-order valence-corrected chi connectivity index (χ3v) is 3.02. The summed E-state index contributed by atoms with van der Waals surface area (Å²) in [6, 6.07) is 13.0. The van der Waals surface area contributed by atoms with Gasteiger partial charge in [-0.2, -0.15) is 5.10 Å². The van der Waals surface area contributed by atoms with Crippen molar-refractivity contribution in [2.24, 2.45) is 5.10 Å². The van der Waals surface area contributed by atoms with Gasteiger partial charge in [-0.05, 0) is 45.8 Å². The molecule has 0 atom stereocenters. The molecule has 2 aromatic carbocycles. The van der Waals surface area contributed by atoms with Crippen molar-refractivity contribution in [3.8, 4) is 11.5 Å². The largest absolute Gasteiger partial charge is 0.504 e. The summed E-state index contributed by atoms with van der Waals surface area (Å²) >= 11 is 3.33. The number of phenolic OH excluding ortho intramolecular Hbond substituents is 1. The van der Waals surface area contributed by atoms with E-state index in [4.69, 9.17) is 4.74 Å². The lowest BCUT2D eigenvalue weighted by Crippen LogP contribution is -1.92. The fourth-order valence-electron chi connectivity index (χ4n) is 1.57. The van der Waals surface area contributed by atoms with E-state index in [9.17, 15) is 5.11 Å². The molecule has 0 saturated heterocycles. The third kappa shape index (κ3) is 3.48. The van der Waals surface area contributed by atoms with E-state index in [2.05, 4.69) is 26.5 Å². The predicted octanol–water partition coefficient (Wildman–Crippen LogP) is 3.61. The van der Waals surface area contributed by atoms with E-state index in [-0.39, 0.29) is 5.75 Å². The number of benzene rings is 2. The van der Waals surface area contributed by atoms with E-state index < -0.39 is 0 Å². The van der Waals surface area contributed by atoms with Crippen LogP contribution in [0.5, 0.6) is 11.5 Å². The Morgan fingerprint density at radius 1 is 1.26 bits per heavy atom. The smallest absolute Gasteiger partial charge is 0.174 e. The summed E-state index contributed by atoms with van der Waals surface area (Å²) in [4.78, 5) is 0. The predicted molar refractivity (Wildman–Crippen MR) is 80.0 cm³/mol. The van der Waals surface area contributed by atoms with Gasteiger partial charge in [-0.15, -0.1) is 0 Å². The summed E-state index contributed by atoms with van der Waals surface area (Å²) < 4.78 is 5.72. The van der Waals surface area contributed by atoms with Gasteiger partial charge in [-0.1, -0.05) is 18.2 Å². The number of hydrogen-bond acceptors (Lipinski definition) is 4. The molecule has 2 rings (SSSR count). The van der Waals surface area contributed by atoms with Crippen LogP contribution in [-0.4, -0.2) is 18.4 Å². The standard InChI is InChI=1S/C14H13BrN2O2/c1-19-14-12(15)7-10(8-13(14)18)9-16-17-11-5-3-2-4-6-11/h2-9,17-18H,1H3/b16-9+. The molecule has 0 heterocycles. The third-order valence-electron chi connectivity index (χ3n) is 2.43. The maximum atomic E-state index is 9.75. The molecule has 0 amide bonds. The second-order valence-corrected chi connectivity index (χ2v) is 4.65. The number of rotatable bonds is 4. The zero-order chi connectivity index (χ0) is 13.7. The average Bonchev–Trinajstić information content (AvgIpc) is 2.40. The van der Waals surface area contributed by atoms with Gasteiger partial charge in [-0.3, -0.25) is 5.43 Å². The van der Waals surface area contributed by atoms with E-state index >= 15 is 0 Å². The highest BCUT2D eigenvalue weighted by Gasteiger charge is 2.07. The van der Waals surface area contributed by atoms with E-state index in [0.717, 1.165) is 11.3 Å². The number of phenols is 1. The number of hydrogen-bond donors (Lipinski definition) is 2. The minimum atomic E-state index is 0.0676. The first-order valence-corrected chi connectivity index (χ1v) is 6.40. The van der Waals surface area contributed by atoms with Crippen molar-refractivity contribution in [1.29, 1.82) is 0 Å². The molecule has 0 aliphatic rings. The molecule has 4 nitrogen and oxygen atoms in total. The first-order chi connectivity index (χ1) is 9.20. The van der Waals surface area contributed by atoms with Crippen LogP contribution in [0.3, 0.4) is 0 Å². The Bertz CT molecular complexity index is 562. The topological polar surface area (TPSA) is 53.9 Å². The van der Waals surface area contributed by atoms with E-state index in [0.29, 0.717) is 10.2 Å². The van der Waals surface area contributed by atoms with Crippen molar-refractivity contribution in [2.45, 2.75) is 0 Å². The molecule has 0 aliphatic carbocycles. The lowest BCUT2D eigenvalue weighted by molar-refractivity contribution is 0.371. The van der Waals surface area contributed by atoms with Gasteiger partial charge in [0.25, 0.3) is 0 Å². The van der Waals surface area contributed by atoms with Crippen LogP contribution in [-0.2, 0) is 0 Å². The monoisotopic (exact) mass is 320 g/mol. The number of para-hydroxylation sites is 1. The molecule has 2 aromatic rings. The molecule has 0 aliphatic heterocycles. The highest BCUT2D eigenvalue weighted by Crippen LogP contribution is 2.34. The van der Waals surface area contributed by atoms with Gasteiger partial charge in [0.2, 0.25) is 0 Å². The first kappa shape index (κ1) is 13.4. The van der Waals surface area contributed by atoms with Crippen LogP contribution in [0.1, 0.15) is 5.56 Å². The maximum absolute atomic E-state index is 9.75. The Labute approximate surface area is 119 Å². The minimum Gasteiger partial charge on any atom is -0.504 e. The summed E-state index contributed by atoms with van der Waals surface area (Å²) in [5.74, 6) is 0.478. The van der Waals surface area contributed by atoms with Crippen LogP contribution in [0, 0.1) is 0 Å². The quantitative estimate of drug-likeness (QED) is 0.668. The minimum absolute atomic E-state index is 0.0676. The molecule has 0 fully saturated rings. The number of anilines is 1. The van der Waals surface area contributed by atoms with Crippen LogP contribution in [0.2, 0.25) is 0 Å². The molecular formula is C14H13BrN2O2. The van der Waals surface area contributed by atoms with E-state index in [1.807, 2.05) is 36.4 Å². The van der Waals surface area contributed by atoms with Crippen LogP contribution in [0.15, 0.2) is 52.0 Å². The van der Waals surface area contributed by atoms with Crippen molar-refractivity contribution >= 4 is 27.8 Å². The van der Waals surface area contributed by atoms with Crippen molar-refractivity contribution in [2.75, 3.05) is 12.5 Å². The van der Waals surface area contributed by atoms with E-state index in [1.54, 1.807) is 12.3 Å². The average molecular weight is 321 g/mol. The highest BCUT2D eigenvalue weighted by molar-refractivity contribution is 9.10. The van der Waals surface area contributed by atoms with Crippen molar-refractivity contribution < 1.29 is 9.84 Å². The summed E-state index contributed by atoms with van der Waals surface area (Å²) in [5, 5.41) is 13.9. The molecule has 0 radical (unpaired) electrons. The van der Waals surface area contributed by atoms with Gasteiger partial charge >= 0.3 is 0 Å². The SMILES string of the molecule is COc1c(O)cc(/C=N/Nc2ccccc2)cc1Br. The summed E-state index contributed by atoms with van der Waals surface area (Å²) in [6.07, 6.45) is 1.62. The number of halogens is 1. The van der Waals surface area contributed by atoms with E-state index in [1.165, 1.54) is 7.11 Å². The molecule has 0 saturated carbocycles. The molecule has 0 spiro atoms. The van der Waals surface area contributed by atoms with Crippen molar-refractivity contribution in [3.05, 3.63) is 52.5 Å². The van der Waals surface area contributed by atoms with Crippen LogP contribution in [0.4, 0.5) is 5.69 Å². The molecule has 0 bridgehead atoms. The Morgan fingerprint density at radius 3 is 2.63 bits per heavy atom. The molecular weight excluding hydrogens is 308 g/mol. The number of aromatic hydroxyl groups is 1. The Kier molecular flexibility index (Phi) is 4.41. The Morgan fingerprint density at radius 2 is 2.00 bits per heavy atom. The Hall–Kier alpha value is -2.01. The number of nitrogens with zero attached hydrogens (tertiary/aromatic N) is 1. The number of hydrazone groups is 1. The fraction of sp³-hybridized carbons (Fsp3) is 0.0714. The summed E-state index contributed by atoms with van der Waals surface area (Å²) in [6.45, 7) is 0. The highest BCUT2D eigenvalue weighted by atomic mass is 79.9.